The highest BCUT2D eigenvalue weighted by molar-refractivity contribution is 5.95. The molecule has 0 bridgehead atoms. The number of carboxylic acids is 1. The van der Waals surface area contributed by atoms with E-state index in [1.165, 1.54) is 6.20 Å². The summed E-state index contributed by atoms with van der Waals surface area (Å²) < 4.78 is 2.01. The van der Waals surface area contributed by atoms with Gasteiger partial charge in [0.25, 0.3) is 0 Å². The summed E-state index contributed by atoms with van der Waals surface area (Å²) in [5.74, 6) is 0.686. The smallest absolute Gasteiger partial charge is 0.337 e. The summed E-state index contributed by atoms with van der Waals surface area (Å²) in [6.45, 7) is 3.00. The molecule has 4 rings (SSSR count). The van der Waals surface area contributed by atoms with Crippen molar-refractivity contribution in [3.8, 4) is 22.5 Å². The number of carboxylic acid groups (broad SMARTS) is 1. The lowest BCUT2D eigenvalue weighted by molar-refractivity contribution is 0.0697. The first kappa shape index (κ1) is 20.5. The van der Waals surface area contributed by atoms with E-state index in [-0.39, 0.29) is 5.56 Å². The molecule has 0 fully saturated rings. The number of unbranched alkanes of at least 4 members (excludes halogenated alkanes) is 1. The van der Waals surface area contributed by atoms with Crippen LogP contribution in [0.15, 0.2) is 73.1 Å². The quantitative estimate of drug-likeness (QED) is 0.436. The van der Waals surface area contributed by atoms with Crippen molar-refractivity contribution < 1.29 is 9.90 Å². The van der Waals surface area contributed by atoms with Crippen molar-refractivity contribution in [3.05, 3.63) is 90.0 Å². The van der Waals surface area contributed by atoms with Gasteiger partial charge in [0, 0.05) is 30.9 Å². The number of hydrogen-bond acceptors (Lipinski definition) is 4. The van der Waals surface area contributed by atoms with Crippen molar-refractivity contribution in [1.82, 2.24) is 19.7 Å². The lowest BCUT2D eigenvalue weighted by Crippen LogP contribution is -2.06. The Kier molecular flexibility index (Phi) is 6.17. The Morgan fingerprint density at radius 1 is 1.00 bits per heavy atom. The highest BCUT2D eigenvalue weighted by Gasteiger charge is 2.14. The number of aromatic nitrogens is 4. The van der Waals surface area contributed by atoms with Crippen LogP contribution in [0.2, 0.25) is 0 Å². The third-order valence-electron chi connectivity index (χ3n) is 5.18. The van der Waals surface area contributed by atoms with E-state index in [4.69, 9.17) is 10.1 Å². The second kappa shape index (κ2) is 9.34. The van der Waals surface area contributed by atoms with E-state index in [9.17, 15) is 9.90 Å². The van der Waals surface area contributed by atoms with Crippen LogP contribution in [0.25, 0.3) is 22.5 Å². The van der Waals surface area contributed by atoms with Crippen LogP contribution in [0.1, 0.15) is 41.5 Å². The minimum absolute atomic E-state index is 0.196. The maximum atomic E-state index is 11.5. The molecule has 0 amide bonds. The second-order valence-electron chi connectivity index (χ2n) is 7.39. The van der Waals surface area contributed by atoms with E-state index < -0.39 is 5.97 Å². The van der Waals surface area contributed by atoms with E-state index in [1.807, 2.05) is 59.3 Å². The molecule has 31 heavy (non-hydrogen) atoms. The highest BCUT2D eigenvalue weighted by Crippen LogP contribution is 2.24. The minimum Gasteiger partial charge on any atom is -0.478 e. The van der Waals surface area contributed by atoms with E-state index in [0.717, 1.165) is 47.7 Å². The van der Waals surface area contributed by atoms with Crippen LogP contribution in [-0.2, 0) is 13.0 Å². The van der Waals surface area contributed by atoms with Crippen LogP contribution in [0.4, 0.5) is 0 Å². The molecule has 0 spiro atoms. The van der Waals surface area contributed by atoms with Crippen molar-refractivity contribution in [2.24, 2.45) is 0 Å². The van der Waals surface area contributed by atoms with E-state index in [1.54, 1.807) is 12.3 Å². The first-order chi connectivity index (χ1) is 15.2. The van der Waals surface area contributed by atoms with Gasteiger partial charge in [0.05, 0.1) is 5.56 Å². The van der Waals surface area contributed by atoms with Gasteiger partial charge >= 0.3 is 5.97 Å². The number of nitrogens with zero attached hydrogens (tertiary/aromatic N) is 4. The minimum atomic E-state index is -0.982. The SMILES string of the molecule is CCCCn1nc(-c2ccccc2)nc1Cc1ccc(-c2ccncc2C(=O)O)cc1. The van der Waals surface area contributed by atoms with Gasteiger partial charge in [-0.1, -0.05) is 67.9 Å². The van der Waals surface area contributed by atoms with Crippen molar-refractivity contribution in [1.29, 1.82) is 0 Å². The maximum Gasteiger partial charge on any atom is 0.337 e. The number of hydrogen-bond donors (Lipinski definition) is 1. The molecular weight excluding hydrogens is 388 g/mol. The first-order valence-corrected chi connectivity index (χ1v) is 10.4. The highest BCUT2D eigenvalue weighted by atomic mass is 16.4. The number of rotatable bonds is 8. The summed E-state index contributed by atoms with van der Waals surface area (Å²) in [6.07, 6.45) is 5.78. The molecule has 0 saturated heterocycles. The summed E-state index contributed by atoms with van der Waals surface area (Å²) in [5, 5.41) is 14.2. The molecule has 2 heterocycles. The van der Waals surface area contributed by atoms with Gasteiger partial charge in [-0.2, -0.15) is 5.10 Å². The monoisotopic (exact) mass is 412 g/mol. The zero-order chi connectivity index (χ0) is 21.6. The summed E-state index contributed by atoms with van der Waals surface area (Å²) in [6, 6.07) is 19.7. The number of carbonyl (C=O) groups is 1. The summed E-state index contributed by atoms with van der Waals surface area (Å²) >= 11 is 0. The fraction of sp³-hybridized carbons (Fsp3) is 0.200. The van der Waals surface area contributed by atoms with Crippen LogP contribution >= 0.6 is 0 Å². The van der Waals surface area contributed by atoms with Crippen molar-refractivity contribution >= 4 is 5.97 Å². The molecule has 1 N–H and O–H groups in total. The molecule has 0 saturated carbocycles. The average molecular weight is 412 g/mol. The average Bonchev–Trinajstić information content (AvgIpc) is 3.21. The molecule has 0 aliphatic heterocycles. The van der Waals surface area contributed by atoms with E-state index in [0.29, 0.717) is 12.0 Å². The predicted molar refractivity (Wildman–Crippen MR) is 120 cm³/mol. The predicted octanol–water partition coefficient (Wildman–Crippen LogP) is 5.10. The van der Waals surface area contributed by atoms with Crippen LogP contribution in [-0.4, -0.2) is 30.8 Å². The van der Waals surface area contributed by atoms with Crippen molar-refractivity contribution in [2.75, 3.05) is 0 Å². The largest absolute Gasteiger partial charge is 0.478 e. The van der Waals surface area contributed by atoms with Crippen molar-refractivity contribution in [3.63, 3.8) is 0 Å². The summed E-state index contributed by atoms with van der Waals surface area (Å²) in [7, 11) is 0. The zero-order valence-corrected chi connectivity index (χ0v) is 17.4. The van der Waals surface area contributed by atoms with Gasteiger partial charge in [-0.25, -0.2) is 14.5 Å². The molecule has 6 heteroatoms. The lowest BCUT2D eigenvalue weighted by Gasteiger charge is -2.08. The molecule has 4 aromatic rings. The van der Waals surface area contributed by atoms with Crippen LogP contribution in [0, 0.1) is 0 Å². The Morgan fingerprint density at radius 2 is 1.77 bits per heavy atom. The Hall–Kier alpha value is -3.80. The van der Waals surface area contributed by atoms with Crippen molar-refractivity contribution in [2.45, 2.75) is 32.7 Å². The van der Waals surface area contributed by atoms with Crippen LogP contribution in [0.3, 0.4) is 0 Å². The Labute approximate surface area is 181 Å². The molecule has 0 atom stereocenters. The second-order valence-corrected chi connectivity index (χ2v) is 7.39. The Morgan fingerprint density at radius 3 is 2.48 bits per heavy atom. The van der Waals surface area contributed by atoms with E-state index >= 15 is 0 Å². The van der Waals surface area contributed by atoms with Crippen LogP contribution in [0.5, 0.6) is 0 Å². The molecule has 2 aromatic heterocycles. The summed E-state index contributed by atoms with van der Waals surface area (Å²) in [4.78, 5) is 20.2. The molecule has 0 aliphatic carbocycles. The van der Waals surface area contributed by atoms with Gasteiger partial charge in [-0.15, -0.1) is 0 Å². The fourth-order valence-corrected chi connectivity index (χ4v) is 3.50. The van der Waals surface area contributed by atoms with Gasteiger partial charge in [0.1, 0.15) is 5.82 Å². The maximum absolute atomic E-state index is 11.5. The Bertz CT molecular complexity index is 1170. The molecule has 0 aliphatic rings. The normalized spacial score (nSPS) is 10.9. The van der Waals surface area contributed by atoms with Gasteiger partial charge in [-0.05, 0) is 29.2 Å². The molecule has 6 nitrogen and oxygen atoms in total. The summed E-state index contributed by atoms with van der Waals surface area (Å²) in [5.41, 5.74) is 3.81. The molecule has 2 aromatic carbocycles. The number of aryl methyl sites for hydroxylation is 1. The van der Waals surface area contributed by atoms with Crippen LogP contribution < -0.4 is 0 Å². The topological polar surface area (TPSA) is 80.9 Å². The third kappa shape index (κ3) is 4.69. The van der Waals surface area contributed by atoms with Gasteiger partial charge in [0.15, 0.2) is 5.82 Å². The number of aromatic carboxylic acids is 1. The molecule has 156 valence electrons. The number of pyridine rings is 1. The van der Waals surface area contributed by atoms with Gasteiger partial charge in [0.2, 0.25) is 0 Å². The first-order valence-electron chi connectivity index (χ1n) is 10.4. The van der Waals surface area contributed by atoms with E-state index in [2.05, 4.69) is 11.9 Å². The number of benzene rings is 2. The molecular formula is C25H24N4O2. The Balaban J connectivity index is 1.60. The molecule has 0 radical (unpaired) electrons. The van der Waals surface area contributed by atoms with Gasteiger partial charge in [-0.3, -0.25) is 4.98 Å². The van der Waals surface area contributed by atoms with Gasteiger partial charge < -0.3 is 5.11 Å². The standard InChI is InChI=1S/C25H24N4O2/c1-2-3-15-29-23(27-24(28-29)20-7-5-4-6-8-20)16-18-9-11-19(12-10-18)21-13-14-26-17-22(21)25(30)31/h4-14,17H,2-3,15-16H2,1H3,(H,30,31). The zero-order valence-electron chi connectivity index (χ0n) is 17.4. The lowest BCUT2D eigenvalue weighted by atomic mass is 10.00. The molecule has 0 unspecified atom stereocenters. The fourth-order valence-electron chi connectivity index (χ4n) is 3.50. The third-order valence-corrected chi connectivity index (χ3v) is 5.18.